The monoisotopic (exact) mass is 546 g/mol. The molecule has 1 fully saturated rings. The topological polar surface area (TPSA) is 109 Å². The molecule has 2 aliphatic heterocycles. The molecule has 6 rings (SSSR count). The first-order valence-electron chi connectivity index (χ1n) is 13.5. The first kappa shape index (κ1) is 26.3. The number of piperazine rings is 1. The molecule has 0 bridgehead atoms. The number of pyridine rings is 1. The second kappa shape index (κ2) is 10.9. The Labute approximate surface area is 238 Å². The smallest absolute Gasteiger partial charge is 0.258 e. The lowest BCUT2D eigenvalue weighted by Gasteiger charge is -2.32. The third-order valence-corrected chi connectivity index (χ3v) is 7.67. The number of fused-ring (bicyclic) bond motifs is 2. The maximum atomic E-state index is 13.3. The second-order valence-electron chi connectivity index (χ2n) is 10.4. The number of rotatable bonds is 6. The fraction of sp³-hybridized carbons (Fsp3) is 0.226. The van der Waals surface area contributed by atoms with Crippen LogP contribution in [0.25, 0.3) is 16.9 Å². The SMILES string of the molecule is CN1CCN(CC(=O)N(C)c2ccc(N/C(=C3\C(=O)Nc4cc(C#N)ccc43)c3ccc4nccn4c3)cc2)CC1. The maximum Gasteiger partial charge on any atom is 0.258 e. The van der Waals surface area contributed by atoms with Crippen molar-refractivity contribution >= 4 is 45.8 Å². The summed E-state index contributed by atoms with van der Waals surface area (Å²) in [4.78, 5) is 36.7. The van der Waals surface area contributed by atoms with Crippen LogP contribution in [0, 0.1) is 11.3 Å². The Bertz CT molecular complexity index is 1710. The van der Waals surface area contributed by atoms with Crippen LogP contribution in [0.15, 0.2) is 73.2 Å². The third-order valence-electron chi connectivity index (χ3n) is 7.67. The van der Waals surface area contributed by atoms with Gasteiger partial charge in [-0.3, -0.25) is 14.5 Å². The Hall–Kier alpha value is -4.98. The zero-order valence-corrected chi connectivity index (χ0v) is 23.0. The van der Waals surface area contributed by atoms with Gasteiger partial charge in [0.05, 0.1) is 35.1 Å². The van der Waals surface area contributed by atoms with Gasteiger partial charge in [-0.2, -0.15) is 5.26 Å². The van der Waals surface area contributed by atoms with Gasteiger partial charge in [-0.25, -0.2) is 4.98 Å². The lowest BCUT2D eigenvalue weighted by atomic mass is 10.00. The number of nitrogens with zero attached hydrogens (tertiary/aromatic N) is 6. The molecule has 2 aromatic heterocycles. The van der Waals surface area contributed by atoms with E-state index in [2.05, 4.69) is 38.5 Å². The Morgan fingerprint density at radius 1 is 1.10 bits per heavy atom. The molecule has 4 heterocycles. The van der Waals surface area contributed by atoms with E-state index in [0.29, 0.717) is 34.6 Å². The van der Waals surface area contributed by atoms with Crippen molar-refractivity contribution in [1.82, 2.24) is 19.2 Å². The van der Waals surface area contributed by atoms with Crippen LogP contribution in [0.1, 0.15) is 16.7 Å². The number of aromatic nitrogens is 2. The number of amides is 2. The largest absolute Gasteiger partial charge is 0.354 e. The molecule has 0 unspecified atom stereocenters. The van der Waals surface area contributed by atoms with Crippen LogP contribution in [0.2, 0.25) is 0 Å². The van der Waals surface area contributed by atoms with Gasteiger partial charge in [0.15, 0.2) is 0 Å². The molecule has 1 saturated heterocycles. The lowest BCUT2D eigenvalue weighted by Crippen LogP contribution is -2.48. The third kappa shape index (κ3) is 5.28. The molecule has 0 atom stereocenters. The van der Waals surface area contributed by atoms with Crippen LogP contribution >= 0.6 is 0 Å². The first-order valence-corrected chi connectivity index (χ1v) is 13.5. The van der Waals surface area contributed by atoms with E-state index in [1.165, 1.54) is 0 Å². The molecule has 10 heteroatoms. The van der Waals surface area contributed by atoms with Crippen molar-refractivity contribution in [3.8, 4) is 6.07 Å². The quantitative estimate of drug-likeness (QED) is 0.357. The highest BCUT2D eigenvalue weighted by molar-refractivity contribution is 6.37. The van der Waals surface area contributed by atoms with Crippen LogP contribution in [0.4, 0.5) is 17.1 Å². The van der Waals surface area contributed by atoms with Crippen molar-refractivity contribution in [2.45, 2.75) is 0 Å². The molecule has 2 amide bonds. The van der Waals surface area contributed by atoms with Gasteiger partial charge in [-0.15, -0.1) is 0 Å². The fourth-order valence-corrected chi connectivity index (χ4v) is 5.20. The molecule has 206 valence electrons. The molecule has 0 spiro atoms. The van der Waals surface area contributed by atoms with Crippen LogP contribution < -0.4 is 15.5 Å². The zero-order chi connectivity index (χ0) is 28.5. The number of carbonyl (C=O) groups excluding carboxylic acids is 2. The van der Waals surface area contributed by atoms with Gasteiger partial charge < -0.3 is 24.8 Å². The number of carbonyl (C=O) groups is 2. The average molecular weight is 547 g/mol. The van der Waals surface area contributed by atoms with Crippen molar-refractivity contribution in [2.75, 3.05) is 62.4 Å². The van der Waals surface area contributed by atoms with Gasteiger partial charge in [0.1, 0.15) is 5.65 Å². The molecule has 0 aliphatic carbocycles. The summed E-state index contributed by atoms with van der Waals surface area (Å²) in [7, 11) is 3.89. The summed E-state index contributed by atoms with van der Waals surface area (Å²) in [5.41, 5.74) is 6.02. The summed E-state index contributed by atoms with van der Waals surface area (Å²) in [6.45, 7) is 4.08. The average Bonchev–Trinajstić information content (AvgIpc) is 3.59. The van der Waals surface area contributed by atoms with Crippen LogP contribution in [0.3, 0.4) is 0 Å². The van der Waals surface area contributed by atoms with E-state index in [0.717, 1.165) is 48.8 Å². The van der Waals surface area contributed by atoms with E-state index in [1.54, 1.807) is 36.3 Å². The fourth-order valence-electron chi connectivity index (χ4n) is 5.20. The highest BCUT2D eigenvalue weighted by Crippen LogP contribution is 2.38. The van der Waals surface area contributed by atoms with E-state index in [1.807, 2.05) is 53.2 Å². The zero-order valence-electron chi connectivity index (χ0n) is 23.0. The van der Waals surface area contributed by atoms with Crippen molar-refractivity contribution in [3.05, 3.63) is 89.9 Å². The maximum absolute atomic E-state index is 13.3. The number of likely N-dealkylation sites (N-methyl/N-ethyl adjacent to an activating group) is 2. The molecular formula is C31H30N8O2. The van der Waals surface area contributed by atoms with Gasteiger partial charge in [-0.1, -0.05) is 6.07 Å². The predicted octanol–water partition coefficient (Wildman–Crippen LogP) is 3.35. The highest BCUT2D eigenvalue weighted by Gasteiger charge is 2.29. The number of anilines is 3. The standard InChI is InChI=1S/C31H30N8O2/c1-36-13-15-38(16-14-36)20-28(40)37(2)24-7-5-23(6-8-24)34-30(22-4-10-27-33-11-12-39(27)19-22)29-25-9-3-21(18-32)17-26(25)35-31(29)41/h3-12,17,19,34H,13-16,20H2,1-2H3,(H,35,41)/b30-29-. The molecule has 0 radical (unpaired) electrons. The molecule has 10 nitrogen and oxygen atoms in total. The molecule has 2 aliphatic rings. The molecule has 0 saturated carbocycles. The number of nitriles is 1. The van der Waals surface area contributed by atoms with E-state index in [4.69, 9.17) is 0 Å². The second-order valence-corrected chi connectivity index (χ2v) is 10.4. The minimum atomic E-state index is -0.255. The van der Waals surface area contributed by atoms with Gasteiger partial charge >= 0.3 is 0 Å². The predicted molar refractivity (Wildman–Crippen MR) is 159 cm³/mol. The van der Waals surface area contributed by atoms with Gasteiger partial charge in [-0.05, 0) is 55.6 Å². The van der Waals surface area contributed by atoms with E-state index in [-0.39, 0.29) is 11.8 Å². The van der Waals surface area contributed by atoms with Crippen LogP contribution in [-0.2, 0) is 9.59 Å². The number of nitrogens with one attached hydrogen (secondary N) is 2. The summed E-state index contributed by atoms with van der Waals surface area (Å²) < 4.78 is 1.90. The number of benzene rings is 2. The number of hydrogen-bond acceptors (Lipinski definition) is 7. The van der Waals surface area contributed by atoms with Gasteiger partial charge in [0, 0.05) is 74.3 Å². The molecule has 4 aromatic rings. The summed E-state index contributed by atoms with van der Waals surface area (Å²) in [5, 5.41) is 15.7. The Morgan fingerprint density at radius 3 is 2.63 bits per heavy atom. The van der Waals surface area contributed by atoms with Gasteiger partial charge in [0.2, 0.25) is 5.91 Å². The Morgan fingerprint density at radius 2 is 1.88 bits per heavy atom. The van der Waals surface area contributed by atoms with Crippen molar-refractivity contribution in [2.24, 2.45) is 0 Å². The van der Waals surface area contributed by atoms with Crippen LogP contribution in [0.5, 0.6) is 0 Å². The van der Waals surface area contributed by atoms with Crippen molar-refractivity contribution < 1.29 is 9.59 Å². The molecule has 2 aromatic carbocycles. The number of imidazole rings is 1. The number of hydrogen-bond donors (Lipinski definition) is 2. The van der Waals surface area contributed by atoms with Gasteiger partial charge in [0.25, 0.3) is 5.91 Å². The highest BCUT2D eigenvalue weighted by atomic mass is 16.2. The van der Waals surface area contributed by atoms with E-state index in [9.17, 15) is 14.9 Å². The van der Waals surface area contributed by atoms with E-state index < -0.39 is 0 Å². The Kier molecular flexibility index (Phi) is 6.97. The minimum Gasteiger partial charge on any atom is -0.354 e. The van der Waals surface area contributed by atoms with Crippen molar-refractivity contribution in [1.29, 1.82) is 5.26 Å². The molecule has 41 heavy (non-hydrogen) atoms. The Balaban J connectivity index is 1.30. The van der Waals surface area contributed by atoms with Crippen molar-refractivity contribution in [3.63, 3.8) is 0 Å². The van der Waals surface area contributed by atoms with Crippen LogP contribution in [-0.4, -0.2) is 77.8 Å². The first-order chi connectivity index (χ1) is 19.9. The summed E-state index contributed by atoms with van der Waals surface area (Å²) in [5.74, 6) is -0.211. The minimum absolute atomic E-state index is 0.0441. The lowest BCUT2D eigenvalue weighted by molar-refractivity contribution is -0.119. The summed E-state index contributed by atoms with van der Waals surface area (Å²) in [6.07, 6.45) is 5.50. The normalized spacial score (nSPS) is 16.7. The molecular weight excluding hydrogens is 516 g/mol. The van der Waals surface area contributed by atoms with E-state index >= 15 is 0 Å². The molecule has 2 N–H and O–H groups in total. The summed E-state index contributed by atoms with van der Waals surface area (Å²) in [6, 6.07) is 18.7. The summed E-state index contributed by atoms with van der Waals surface area (Å²) >= 11 is 0.